The standard InChI is InChI=1S/C16H23N5O2S/c1-24(22,23)18-12-16-9-5-6-10-20(16)13-14-11-17-21(19-14)15-7-3-2-4-8-15/h2-4,7-8,11,16,18H,5-6,9-10,12-13H2,1H3. The van der Waals surface area contributed by atoms with Crippen LogP contribution < -0.4 is 4.72 Å². The molecule has 1 aliphatic heterocycles. The molecule has 1 aromatic carbocycles. The van der Waals surface area contributed by atoms with E-state index in [0.717, 1.165) is 37.2 Å². The minimum atomic E-state index is -3.16. The van der Waals surface area contributed by atoms with Crippen LogP contribution in [0.4, 0.5) is 0 Å². The van der Waals surface area contributed by atoms with Gasteiger partial charge in [0.25, 0.3) is 0 Å². The lowest BCUT2D eigenvalue weighted by molar-refractivity contribution is 0.140. The van der Waals surface area contributed by atoms with Crippen molar-refractivity contribution < 1.29 is 8.42 Å². The number of hydrogen-bond acceptors (Lipinski definition) is 5. The Morgan fingerprint density at radius 3 is 2.79 bits per heavy atom. The summed E-state index contributed by atoms with van der Waals surface area (Å²) in [5, 5.41) is 8.87. The summed E-state index contributed by atoms with van der Waals surface area (Å²) in [5.74, 6) is 0. The molecular formula is C16H23N5O2S. The molecule has 0 aliphatic carbocycles. The average molecular weight is 349 g/mol. The topological polar surface area (TPSA) is 80.1 Å². The Hall–Kier alpha value is -1.77. The largest absolute Gasteiger partial charge is 0.293 e. The number of nitrogens with one attached hydrogen (secondary N) is 1. The van der Waals surface area contributed by atoms with Crippen LogP contribution >= 0.6 is 0 Å². The zero-order valence-corrected chi connectivity index (χ0v) is 14.6. The summed E-state index contributed by atoms with van der Waals surface area (Å²) in [5.41, 5.74) is 1.82. The molecule has 8 heteroatoms. The molecule has 7 nitrogen and oxygen atoms in total. The average Bonchev–Trinajstić information content (AvgIpc) is 3.03. The van der Waals surface area contributed by atoms with Gasteiger partial charge in [-0.15, -0.1) is 0 Å². The van der Waals surface area contributed by atoms with Crippen LogP contribution in [-0.4, -0.2) is 53.7 Å². The first kappa shape index (κ1) is 17.1. The van der Waals surface area contributed by atoms with Crippen molar-refractivity contribution in [1.82, 2.24) is 24.6 Å². The molecular weight excluding hydrogens is 326 g/mol. The van der Waals surface area contributed by atoms with Crippen LogP contribution in [0.3, 0.4) is 0 Å². The first-order chi connectivity index (χ1) is 11.5. The van der Waals surface area contributed by atoms with Crippen molar-refractivity contribution in [3.63, 3.8) is 0 Å². The molecule has 0 amide bonds. The zero-order chi connectivity index (χ0) is 17.0. The van der Waals surface area contributed by atoms with Gasteiger partial charge in [-0.05, 0) is 31.5 Å². The third-order valence-corrected chi connectivity index (χ3v) is 4.91. The highest BCUT2D eigenvalue weighted by Crippen LogP contribution is 2.19. The lowest BCUT2D eigenvalue weighted by Crippen LogP contribution is -2.46. The van der Waals surface area contributed by atoms with Gasteiger partial charge < -0.3 is 0 Å². The molecule has 1 aliphatic rings. The van der Waals surface area contributed by atoms with E-state index in [9.17, 15) is 8.42 Å². The number of sulfonamides is 1. The maximum Gasteiger partial charge on any atom is 0.208 e. The normalized spacial score (nSPS) is 19.5. The van der Waals surface area contributed by atoms with Crippen LogP contribution in [0.5, 0.6) is 0 Å². The third-order valence-electron chi connectivity index (χ3n) is 4.22. The first-order valence-corrected chi connectivity index (χ1v) is 10.1. The van der Waals surface area contributed by atoms with E-state index in [-0.39, 0.29) is 6.04 Å². The second-order valence-electron chi connectivity index (χ2n) is 6.20. The van der Waals surface area contributed by atoms with Crippen LogP contribution in [0.2, 0.25) is 0 Å². The molecule has 24 heavy (non-hydrogen) atoms. The molecule has 0 bridgehead atoms. The molecule has 2 aromatic rings. The van der Waals surface area contributed by atoms with E-state index in [1.165, 1.54) is 6.26 Å². The fourth-order valence-corrected chi connectivity index (χ4v) is 3.50. The molecule has 130 valence electrons. The Morgan fingerprint density at radius 2 is 2.04 bits per heavy atom. The highest BCUT2D eigenvalue weighted by atomic mass is 32.2. The Kier molecular flexibility index (Phi) is 5.27. The van der Waals surface area contributed by atoms with Gasteiger partial charge in [-0.1, -0.05) is 24.6 Å². The van der Waals surface area contributed by atoms with E-state index in [1.807, 2.05) is 30.3 Å². The number of aromatic nitrogens is 3. The number of hydrogen-bond donors (Lipinski definition) is 1. The molecule has 1 atom stereocenters. The van der Waals surface area contributed by atoms with Gasteiger partial charge in [-0.2, -0.15) is 15.0 Å². The Morgan fingerprint density at radius 1 is 1.25 bits per heavy atom. The summed E-state index contributed by atoms with van der Waals surface area (Å²) < 4.78 is 25.3. The van der Waals surface area contributed by atoms with Crippen molar-refractivity contribution in [2.45, 2.75) is 31.8 Å². The predicted molar refractivity (Wildman–Crippen MR) is 92.3 cm³/mol. The highest BCUT2D eigenvalue weighted by Gasteiger charge is 2.24. The van der Waals surface area contributed by atoms with E-state index < -0.39 is 10.0 Å². The number of likely N-dealkylation sites (tertiary alicyclic amines) is 1. The van der Waals surface area contributed by atoms with Crippen molar-refractivity contribution in [3.05, 3.63) is 42.2 Å². The molecule has 0 saturated carbocycles. The van der Waals surface area contributed by atoms with Gasteiger partial charge in [0.05, 0.1) is 23.8 Å². The van der Waals surface area contributed by atoms with Crippen LogP contribution in [0.15, 0.2) is 36.5 Å². The lowest BCUT2D eigenvalue weighted by atomic mass is 10.0. The fraction of sp³-hybridized carbons (Fsp3) is 0.500. The summed E-state index contributed by atoms with van der Waals surface area (Å²) in [4.78, 5) is 3.92. The van der Waals surface area contributed by atoms with Crippen molar-refractivity contribution in [3.8, 4) is 5.69 Å². The van der Waals surface area contributed by atoms with Gasteiger partial charge in [-0.25, -0.2) is 13.1 Å². The molecule has 1 fully saturated rings. The van der Waals surface area contributed by atoms with Gasteiger partial charge in [0.15, 0.2) is 0 Å². The van der Waals surface area contributed by atoms with Crippen LogP contribution in [0, 0.1) is 0 Å². The molecule has 1 N–H and O–H groups in total. The van der Waals surface area contributed by atoms with Gasteiger partial charge >= 0.3 is 0 Å². The number of benzene rings is 1. The highest BCUT2D eigenvalue weighted by molar-refractivity contribution is 7.88. The minimum Gasteiger partial charge on any atom is -0.293 e. The zero-order valence-electron chi connectivity index (χ0n) is 13.8. The van der Waals surface area contributed by atoms with Gasteiger partial charge in [0, 0.05) is 19.1 Å². The van der Waals surface area contributed by atoms with E-state index in [0.29, 0.717) is 13.1 Å². The first-order valence-electron chi connectivity index (χ1n) is 8.16. The van der Waals surface area contributed by atoms with E-state index in [4.69, 9.17) is 0 Å². The summed E-state index contributed by atoms with van der Waals surface area (Å²) in [6, 6.07) is 10.00. The quantitative estimate of drug-likeness (QED) is 0.847. The van der Waals surface area contributed by atoms with Crippen molar-refractivity contribution in [2.75, 3.05) is 19.3 Å². The molecule has 0 spiro atoms. The van der Waals surface area contributed by atoms with E-state index in [2.05, 4.69) is 19.8 Å². The molecule has 3 rings (SSSR count). The minimum absolute atomic E-state index is 0.204. The molecule has 1 unspecified atom stereocenters. The maximum absolute atomic E-state index is 11.3. The summed E-state index contributed by atoms with van der Waals surface area (Å²) in [7, 11) is -3.16. The van der Waals surface area contributed by atoms with E-state index >= 15 is 0 Å². The van der Waals surface area contributed by atoms with E-state index in [1.54, 1.807) is 11.0 Å². The number of nitrogens with zero attached hydrogens (tertiary/aromatic N) is 4. The number of piperidine rings is 1. The van der Waals surface area contributed by atoms with Crippen LogP contribution in [0.25, 0.3) is 5.69 Å². The molecule has 0 radical (unpaired) electrons. The van der Waals surface area contributed by atoms with Crippen LogP contribution in [0.1, 0.15) is 25.0 Å². The Balaban J connectivity index is 1.66. The second-order valence-corrected chi connectivity index (χ2v) is 8.03. The molecule has 2 heterocycles. The van der Waals surface area contributed by atoms with Crippen molar-refractivity contribution in [1.29, 1.82) is 0 Å². The van der Waals surface area contributed by atoms with Gasteiger partial charge in [0.2, 0.25) is 10.0 Å². The van der Waals surface area contributed by atoms with Crippen LogP contribution in [-0.2, 0) is 16.6 Å². The Bertz CT molecular complexity index is 760. The monoisotopic (exact) mass is 349 g/mol. The maximum atomic E-state index is 11.3. The van der Waals surface area contributed by atoms with Crippen molar-refractivity contribution >= 4 is 10.0 Å². The molecule has 1 aromatic heterocycles. The van der Waals surface area contributed by atoms with Crippen molar-refractivity contribution in [2.24, 2.45) is 0 Å². The van der Waals surface area contributed by atoms with Gasteiger partial charge in [0.1, 0.15) is 0 Å². The third kappa shape index (κ3) is 4.62. The second kappa shape index (κ2) is 7.42. The predicted octanol–water partition coefficient (Wildman–Crippen LogP) is 1.17. The SMILES string of the molecule is CS(=O)(=O)NCC1CCCCN1Cc1cnn(-c2ccccc2)n1. The lowest BCUT2D eigenvalue weighted by Gasteiger charge is -2.35. The smallest absolute Gasteiger partial charge is 0.208 e. The summed E-state index contributed by atoms with van der Waals surface area (Å²) in [6.45, 7) is 2.09. The molecule has 1 saturated heterocycles. The fourth-order valence-electron chi connectivity index (χ4n) is 3.01. The Labute approximate surface area is 142 Å². The van der Waals surface area contributed by atoms with Gasteiger partial charge in [-0.3, -0.25) is 4.90 Å². The number of rotatable bonds is 6. The summed E-state index contributed by atoms with van der Waals surface area (Å²) >= 11 is 0. The summed E-state index contributed by atoms with van der Waals surface area (Å²) in [6.07, 6.45) is 6.23. The number of para-hydroxylation sites is 1.